The number of anilines is 2. The minimum atomic E-state index is -0.724. The van der Waals surface area contributed by atoms with Crippen LogP contribution in [-0.4, -0.2) is 5.91 Å². The van der Waals surface area contributed by atoms with Gasteiger partial charge >= 0.3 is 0 Å². The number of hydrogen-bond acceptors (Lipinski definition) is 2. The average molecular weight is 297 g/mol. The minimum Gasteiger partial charge on any atom is -0.398 e. The van der Waals surface area contributed by atoms with Crippen LogP contribution in [0.5, 0.6) is 0 Å². The monoisotopic (exact) mass is 296 g/mol. The topological polar surface area (TPSA) is 55.1 Å². The minimum absolute atomic E-state index is 0.0953. The largest absolute Gasteiger partial charge is 0.398 e. The smallest absolute Gasteiger partial charge is 0.257 e. The van der Waals surface area contributed by atoms with Gasteiger partial charge in [0.1, 0.15) is 11.6 Å². The van der Waals surface area contributed by atoms with Crippen molar-refractivity contribution in [2.45, 2.75) is 6.92 Å². The molecular weight excluding hydrogens is 286 g/mol. The molecule has 1 amide bonds. The number of aryl methyl sites for hydroxylation is 1. The molecule has 2 rings (SSSR count). The Hall–Kier alpha value is -2.14. The molecule has 0 saturated heterocycles. The van der Waals surface area contributed by atoms with Crippen LogP contribution in [0.2, 0.25) is 5.02 Å². The molecule has 0 radical (unpaired) electrons. The lowest BCUT2D eigenvalue weighted by molar-refractivity contribution is 0.102. The summed E-state index contributed by atoms with van der Waals surface area (Å²) >= 11 is 5.77. The van der Waals surface area contributed by atoms with Gasteiger partial charge in [-0.15, -0.1) is 0 Å². The molecule has 3 N–H and O–H groups in total. The first kappa shape index (κ1) is 14.3. The zero-order valence-corrected chi connectivity index (χ0v) is 11.3. The molecule has 0 fully saturated rings. The highest BCUT2D eigenvalue weighted by Gasteiger charge is 2.14. The molecule has 0 spiro atoms. The van der Waals surface area contributed by atoms with E-state index in [2.05, 4.69) is 5.32 Å². The SMILES string of the molecule is Cc1cc(F)c(NC(=O)c2cc(Cl)ccc2N)cc1F. The van der Waals surface area contributed by atoms with Crippen LogP contribution in [0.1, 0.15) is 15.9 Å². The van der Waals surface area contributed by atoms with Crippen molar-refractivity contribution in [1.29, 1.82) is 0 Å². The van der Waals surface area contributed by atoms with Crippen LogP contribution in [0.15, 0.2) is 30.3 Å². The van der Waals surface area contributed by atoms with Crippen molar-refractivity contribution in [3.63, 3.8) is 0 Å². The van der Waals surface area contributed by atoms with Gasteiger partial charge in [0, 0.05) is 16.8 Å². The molecule has 0 saturated carbocycles. The van der Waals surface area contributed by atoms with E-state index in [0.29, 0.717) is 5.02 Å². The number of rotatable bonds is 2. The second-order valence-corrected chi connectivity index (χ2v) is 4.70. The van der Waals surface area contributed by atoms with E-state index in [-0.39, 0.29) is 22.5 Å². The molecule has 0 unspecified atom stereocenters. The fraction of sp³-hybridized carbons (Fsp3) is 0.0714. The molecule has 2 aromatic carbocycles. The quantitative estimate of drug-likeness (QED) is 0.829. The maximum absolute atomic E-state index is 13.6. The van der Waals surface area contributed by atoms with Gasteiger partial charge in [-0.05, 0) is 36.8 Å². The summed E-state index contributed by atoms with van der Waals surface area (Å²) in [6.45, 7) is 1.43. The van der Waals surface area contributed by atoms with Gasteiger partial charge in [-0.1, -0.05) is 11.6 Å². The molecule has 6 heteroatoms. The number of hydrogen-bond donors (Lipinski definition) is 2. The van der Waals surface area contributed by atoms with E-state index >= 15 is 0 Å². The van der Waals surface area contributed by atoms with Gasteiger partial charge in [-0.25, -0.2) is 8.78 Å². The molecule has 104 valence electrons. The number of carbonyl (C=O) groups excluding carboxylic acids is 1. The Morgan fingerprint density at radius 3 is 2.60 bits per heavy atom. The molecule has 0 heterocycles. The summed E-state index contributed by atoms with van der Waals surface area (Å²) in [4.78, 5) is 12.0. The van der Waals surface area contributed by atoms with Crippen LogP contribution in [0.25, 0.3) is 0 Å². The molecule has 0 bridgehead atoms. The molecule has 20 heavy (non-hydrogen) atoms. The van der Waals surface area contributed by atoms with Gasteiger partial charge in [0.05, 0.1) is 11.3 Å². The first-order valence-corrected chi connectivity index (χ1v) is 6.08. The number of nitrogens with two attached hydrogens (primary N) is 1. The first-order chi connectivity index (χ1) is 9.38. The van der Waals surface area contributed by atoms with E-state index in [4.69, 9.17) is 17.3 Å². The van der Waals surface area contributed by atoms with E-state index in [1.54, 1.807) is 0 Å². The average Bonchev–Trinajstić information content (AvgIpc) is 2.38. The lowest BCUT2D eigenvalue weighted by Gasteiger charge is -2.09. The third-order valence-corrected chi connectivity index (χ3v) is 2.99. The third-order valence-electron chi connectivity index (χ3n) is 2.76. The van der Waals surface area contributed by atoms with Crippen LogP contribution in [0.4, 0.5) is 20.2 Å². The van der Waals surface area contributed by atoms with Gasteiger partial charge < -0.3 is 11.1 Å². The highest BCUT2D eigenvalue weighted by molar-refractivity contribution is 6.31. The molecule has 2 aromatic rings. The highest BCUT2D eigenvalue weighted by Crippen LogP contribution is 2.22. The summed E-state index contributed by atoms with van der Waals surface area (Å²) in [5, 5.41) is 2.59. The van der Waals surface area contributed by atoms with Crippen molar-refractivity contribution >= 4 is 28.9 Å². The predicted octanol–water partition coefficient (Wildman–Crippen LogP) is 3.76. The Kier molecular flexibility index (Phi) is 3.90. The van der Waals surface area contributed by atoms with Crippen LogP contribution >= 0.6 is 11.6 Å². The van der Waals surface area contributed by atoms with Gasteiger partial charge in [0.25, 0.3) is 5.91 Å². The Labute approximate surface area is 119 Å². The van der Waals surface area contributed by atoms with Gasteiger partial charge in [-0.2, -0.15) is 0 Å². The number of nitrogens with one attached hydrogen (secondary N) is 1. The Bertz CT molecular complexity index is 689. The Morgan fingerprint density at radius 2 is 1.90 bits per heavy atom. The summed E-state index contributed by atoms with van der Waals surface area (Å²) in [6, 6.07) is 6.27. The summed E-state index contributed by atoms with van der Waals surface area (Å²) in [7, 11) is 0. The number of amides is 1. The molecule has 0 atom stereocenters. The van der Waals surface area contributed by atoms with Crippen LogP contribution in [0, 0.1) is 18.6 Å². The number of nitrogen functional groups attached to an aromatic ring is 1. The molecular formula is C14H11ClF2N2O. The second kappa shape index (κ2) is 5.46. The Balaban J connectivity index is 2.32. The molecule has 0 aromatic heterocycles. The maximum atomic E-state index is 13.6. The van der Waals surface area contributed by atoms with Crippen molar-refractivity contribution in [3.05, 3.63) is 58.1 Å². The number of carbonyl (C=O) groups is 1. The van der Waals surface area contributed by atoms with E-state index in [9.17, 15) is 13.6 Å². The number of halogens is 3. The fourth-order valence-corrected chi connectivity index (χ4v) is 1.83. The lowest BCUT2D eigenvalue weighted by Crippen LogP contribution is -2.15. The number of benzene rings is 2. The van der Waals surface area contributed by atoms with Gasteiger partial charge in [0.2, 0.25) is 0 Å². The van der Waals surface area contributed by atoms with E-state index in [1.165, 1.54) is 25.1 Å². The molecule has 0 aliphatic carbocycles. The summed E-state index contributed by atoms with van der Waals surface area (Å²) in [6.07, 6.45) is 0. The molecule has 3 nitrogen and oxygen atoms in total. The normalized spacial score (nSPS) is 10.4. The summed E-state index contributed by atoms with van der Waals surface area (Å²) in [5.74, 6) is -1.99. The maximum Gasteiger partial charge on any atom is 0.257 e. The van der Waals surface area contributed by atoms with Gasteiger partial charge in [0.15, 0.2) is 0 Å². The fourth-order valence-electron chi connectivity index (χ4n) is 1.66. The van der Waals surface area contributed by atoms with Crippen molar-refractivity contribution < 1.29 is 13.6 Å². The summed E-state index contributed by atoms with van der Waals surface area (Å²) < 4.78 is 27.0. The van der Waals surface area contributed by atoms with Crippen molar-refractivity contribution in [2.24, 2.45) is 0 Å². The zero-order chi connectivity index (χ0) is 14.9. The van der Waals surface area contributed by atoms with Gasteiger partial charge in [-0.3, -0.25) is 4.79 Å². The highest BCUT2D eigenvalue weighted by atomic mass is 35.5. The predicted molar refractivity (Wildman–Crippen MR) is 74.9 cm³/mol. The van der Waals surface area contributed by atoms with Crippen molar-refractivity contribution in [2.75, 3.05) is 11.1 Å². The van der Waals surface area contributed by atoms with Crippen LogP contribution in [-0.2, 0) is 0 Å². The van der Waals surface area contributed by atoms with Crippen molar-refractivity contribution in [3.8, 4) is 0 Å². The van der Waals surface area contributed by atoms with Crippen molar-refractivity contribution in [1.82, 2.24) is 0 Å². The van der Waals surface area contributed by atoms with E-state index in [1.807, 2.05) is 0 Å². The zero-order valence-electron chi connectivity index (χ0n) is 10.5. The first-order valence-electron chi connectivity index (χ1n) is 5.70. The molecule has 0 aliphatic rings. The molecule has 0 aliphatic heterocycles. The Morgan fingerprint density at radius 1 is 1.20 bits per heavy atom. The van der Waals surface area contributed by atoms with E-state index in [0.717, 1.165) is 12.1 Å². The summed E-state index contributed by atoms with van der Waals surface area (Å²) in [5.41, 5.74) is 5.84. The standard InChI is InChI=1S/C14H11ClF2N2O/c1-7-4-11(17)13(6-10(7)16)19-14(20)9-5-8(15)2-3-12(9)18/h2-6H,18H2,1H3,(H,19,20). The lowest BCUT2D eigenvalue weighted by atomic mass is 10.1. The second-order valence-electron chi connectivity index (χ2n) is 4.27. The van der Waals surface area contributed by atoms with E-state index < -0.39 is 17.5 Å². The third kappa shape index (κ3) is 2.88. The van der Waals surface area contributed by atoms with Crippen LogP contribution in [0.3, 0.4) is 0 Å². The van der Waals surface area contributed by atoms with Crippen LogP contribution < -0.4 is 11.1 Å².